The molecule has 1 unspecified atom stereocenters. The third kappa shape index (κ3) is 3.39. The second-order valence-electron chi connectivity index (χ2n) is 6.05. The Balaban J connectivity index is 1.38. The van der Waals surface area contributed by atoms with Crippen molar-refractivity contribution in [2.24, 2.45) is 0 Å². The van der Waals surface area contributed by atoms with Crippen LogP contribution in [0, 0.1) is 0 Å². The Morgan fingerprint density at radius 1 is 1.12 bits per heavy atom. The van der Waals surface area contributed by atoms with Crippen molar-refractivity contribution in [2.75, 3.05) is 6.61 Å². The van der Waals surface area contributed by atoms with Gasteiger partial charge in [-0.05, 0) is 35.0 Å². The Bertz CT molecular complexity index is 961. The molecule has 0 saturated carbocycles. The van der Waals surface area contributed by atoms with Gasteiger partial charge in [-0.3, -0.25) is 4.79 Å². The Labute approximate surface area is 149 Å². The minimum absolute atomic E-state index is 0.141. The number of carbonyl (C=O) groups is 2. The van der Waals surface area contributed by atoms with Gasteiger partial charge in [-0.1, -0.05) is 30.3 Å². The molecule has 6 heteroatoms. The number of carbonyl (C=O) groups excluding carboxylic acids is 2. The topological polar surface area (TPSA) is 77.8 Å². The van der Waals surface area contributed by atoms with E-state index in [9.17, 15) is 9.59 Å². The molecule has 132 valence electrons. The summed E-state index contributed by atoms with van der Waals surface area (Å²) in [5.74, 6) is 0.537. The zero-order chi connectivity index (χ0) is 17.9. The van der Waals surface area contributed by atoms with E-state index < -0.39 is 17.9 Å². The number of esters is 1. The van der Waals surface area contributed by atoms with Crippen molar-refractivity contribution in [1.82, 2.24) is 5.32 Å². The van der Waals surface area contributed by atoms with Crippen molar-refractivity contribution < 1.29 is 23.5 Å². The van der Waals surface area contributed by atoms with Crippen LogP contribution in [0.15, 0.2) is 59.0 Å². The third-order valence-corrected chi connectivity index (χ3v) is 4.23. The molecule has 0 aliphatic carbocycles. The lowest BCUT2D eigenvalue weighted by molar-refractivity contribution is -0.139. The summed E-state index contributed by atoms with van der Waals surface area (Å²) in [4.78, 5) is 23.5. The van der Waals surface area contributed by atoms with Crippen LogP contribution in [-0.2, 0) is 16.1 Å². The van der Waals surface area contributed by atoms with Gasteiger partial charge in [0.1, 0.15) is 24.2 Å². The maximum Gasteiger partial charge on any atom is 0.328 e. The van der Waals surface area contributed by atoms with Crippen molar-refractivity contribution >= 4 is 22.6 Å². The van der Waals surface area contributed by atoms with Crippen LogP contribution in [0.5, 0.6) is 5.75 Å². The second kappa shape index (κ2) is 6.92. The van der Waals surface area contributed by atoms with Gasteiger partial charge in [0.05, 0.1) is 6.61 Å². The molecule has 0 spiro atoms. The minimum Gasteiger partial charge on any atom is -0.486 e. The summed E-state index contributed by atoms with van der Waals surface area (Å²) in [5, 5.41) is 4.84. The van der Waals surface area contributed by atoms with Gasteiger partial charge in [0.25, 0.3) is 5.91 Å². The molecule has 3 aromatic rings. The molecular formula is C20H17NO5. The maximum absolute atomic E-state index is 12.1. The summed E-state index contributed by atoms with van der Waals surface area (Å²) >= 11 is 0. The first kappa shape index (κ1) is 16.2. The van der Waals surface area contributed by atoms with Crippen LogP contribution in [0.1, 0.15) is 22.7 Å². The van der Waals surface area contributed by atoms with Crippen molar-refractivity contribution in [3.05, 3.63) is 66.1 Å². The number of hydrogen-bond donors (Lipinski definition) is 1. The number of hydrogen-bond acceptors (Lipinski definition) is 5. The highest BCUT2D eigenvalue weighted by Crippen LogP contribution is 2.22. The van der Waals surface area contributed by atoms with Crippen LogP contribution in [0.3, 0.4) is 0 Å². The molecule has 1 atom stereocenters. The van der Waals surface area contributed by atoms with Gasteiger partial charge < -0.3 is 19.2 Å². The molecule has 2 aromatic carbocycles. The highest BCUT2D eigenvalue weighted by molar-refractivity contribution is 5.94. The Kier molecular flexibility index (Phi) is 4.31. The van der Waals surface area contributed by atoms with Crippen LogP contribution in [0.4, 0.5) is 0 Å². The van der Waals surface area contributed by atoms with E-state index in [1.165, 1.54) is 0 Å². The fourth-order valence-corrected chi connectivity index (χ4v) is 2.85. The van der Waals surface area contributed by atoms with Crippen LogP contribution >= 0.6 is 0 Å². The molecule has 1 saturated heterocycles. The third-order valence-electron chi connectivity index (χ3n) is 4.23. The van der Waals surface area contributed by atoms with E-state index in [1.54, 1.807) is 12.1 Å². The molecule has 2 heterocycles. The normalized spacial score (nSPS) is 16.5. The molecule has 4 rings (SSSR count). The number of benzene rings is 2. The number of cyclic esters (lactones) is 1. The average molecular weight is 351 g/mol. The summed E-state index contributed by atoms with van der Waals surface area (Å²) in [7, 11) is 0. The number of rotatable bonds is 5. The van der Waals surface area contributed by atoms with Crippen LogP contribution < -0.4 is 10.1 Å². The van der Waals surface area contributed by atoms with Crippen LogP contribution in [0.25, 0.3) is 10.8 Å². The molecule has 0 bridgehead atoms. The zero-order valence-electron chi connectivity index (χ0n) is 13.9. The standard InChI is InChI=1S/C20H17NO5/c22-19(21-17-9-10-24-20(17)23)18-8-7-16(26-18)12-25-15-6-5-13-3-1-2-4-14(13)11-15/h1-8,11,17H,9-10,12H2,(H,21,22). The Morgan fingerprint density at radius 3 is 2.77 bits per heavy atom. The maximum atomic E-state index is 12.1. The Hall–Kier alpha value is -3.28. The number of fused-ring (bicyclic) bond motifs is 1. The fraction of sp³-hybridized carbons (Fsp3) is 0.200. The molecule has 1 N–H and O–H groups in total. The lowest BCUT2D eigenvalue weighted by atomic mass is 10.1. The summed E-state index contributed by atoms with van der Waals surface area (Å²) in [5.41, 5.74) is 0. The van der Waals surface area contributed by atoms with Crippen molar-refractivity contribution in [3.63, 3.8) is 0 Å². The minimum atomic E-state index is -0.607. The molecule has 1 aliphatic rings. The van der Waals surface area contributed by atoms with E-state index in [-0.39, 0.29) is 12.4 Å². The fourth-order valence-electron chi connectivity index (χ4n) is 2.85. The smallest absolute Gasteiger partial charge is 0.328 e. The van der Waals surface area contributed by atoms with Crippen molar-refractivity contribution in [2.45, 2.75) is 19.1 Å². The number of furan rings is 1. The van der Waals surface area contributed by atoms with Crippen molar-refractivity contribution in [3.8, 4) is 5.75 Å². The summed E-state index contributed by atoms with van der Waals surface area (Å²) in [6, 6.07) is 16.5. The predicted molar refractivity (Wildman–Crippen MR) is 93.8 cm³/mol. The molecule has 1 aromatic heterocycles. The van der Waals surface area contributed by atoms with Gasteiger partial charge >= 0.3 is 5.97 Å². The monoisotopic (exact) mass is 351 g/mol. The van der Waals surface area contributed by atoms with Crippen LogP contribution in [-0.4, -0.2) is 24.5 Å². The van der Waals surface area contributed by atoms with Gasteiger partial charge in [-0.25, -0.2) is 4.79 Å². The number of nitrogens with one attached hydrogen (secondary N) is 1. The first-order valence-electron chi connectivity index (χ1n) is 8.37. The molecule has 0 radical (unpaired) electrons. The van der Waals surface area contributed by atoms with Gasteiger partial charge in [0.2, 0.25) is 0 Å². The Morgan fingerprint density at radius 2 is 1.96 bits per heavy atom. The largest absolute Gasteiger partial charge is 0.486 e. The molecule has 6 nitrogen and oxygen atoms in total. The van der Waals surface area contributed by atoms with Gasteiger partial charge in [-0.2, -0.15) is 0 Å². The number of amides is 1. The van der Waals surface area contributed by atoms with E-state index in [0.29, 0.717) is 18.8 Å². The highest BCUT2D eigenvalue weighted by atomic mass is 16.5. The van der Waals surface area contributed by atoms with E-state index >= 15 is 0 Å². The lowest BCUT2D eigenvalue weighted by Gasteiger charge is -2.07. The first-order chi connectivity index (χ1) is 12.7. The summed E-state index contributed by atoms with van der Waals surface area (Å²) in [6.07, 6.45) is 0.475. The van der Waals surface area contributed by atoms with Gasteiger partial charge in [-0.15, -0.1) is 0 Å². The summed E-state index contributed by atoms with van der Waals surface area (Å²) < 4.78 is 16.1. The zero-order valence-corrected chi connectivity index (χ0v) is 13.9. The lowest BCUT2D eigenvalue weighted by Crippen LogP contribution is -2.37. The molecule has 1 amide bonds. The molecular weight excluding hydrogens is 334 g/mol. The van der Waals surface area contributed by atoms with E-state index in [1.807, 2.05) is 42.5 Å². The van der Waals surface area contributed by atoms with Gasteiger partial charge in [0.15, 0.2) is 5.76 Å². The average Bonchev–Trinajstić information content (AvgIpc) is 3.29. The van der Waals surface area contributed by atoms with E-state index in [0.717, 1.165) is 16.5 Å². The SMILES string of the molecule is O=C(NC1CCOC1=O)c1ccc(COc2ccc3ccccc3c2)o1. The second-order valence-corrected chi connectivity index (χ2v) is 6.05. The van der Waals surface area contributed by atoms with Crippen LogP contribution in [0.2, 0.25) is 0 Å². The number of ether oxygens (including phenoxy) is 2. The molecule has 1 aliphatic heterocycles. The van der Waals surface area contributed by atoms with Gasteiger partial charge in [0, 0.05) is 6.42 Å². The highest BCUT2D eigenvalue weighted by Gasteiger charge is 2.29. The summed E-state index contributed by atoms with van der Waals surface area (Å²) in [6.45, 7) is 0.532. The molecule has 26 heavy (non-hydrogen) atoms. The molecule has 1 fully saturated rings. The quantitative estimate of drug-likeness (QED) is 0.715. The van der Waals surface area contributed by atoms with E-state index in [2.05, 4.69) is 5.32 Å². The first-order valence-corrected chi connectivity index (χ1v) is 8.37. The predicted octanol–water partition coefficient (Wildman–Crippen LogP) is 3.06. The van der Waals surface area contributed by atoms with Crippen molar-refractivity contribution in [1.29, 1.82) is 0 Å². The van der Waals surface area contributed by atoms with E-state index in [4.69, 9.17) is 13.9 Å².